The molecule has 18 heavy (non-hydrogen) atoms. The van der Waals surface area contributed by atoms with Gasteiger partial charge in [-0.1, -0.05) is 0 Å². The number of nitrogens with one attached hydrogen (secondary N) is 1. The van der Waals surface area contributed by atoms with E-state index in [1.165, 1.54) is 0 Å². The van der Waals surface area contributed by atoms with Crippen molar-refractivity contribution in [3.8, 4) is 11.5 Å². The molecule has 0 aliphatic heterocycles. The summed E-state index contributed by atoms with van der Waals surface area (Å²) in [5.41, 5.74) is 1.75. The zero-order valence-electron chi connectivity index (χ0n) is 11.1. The molecular weight excluding hydrogens is 232 g/mol. The van der Waals surface area contributed by atoms with E-state index in [0.29, 0.717) is 18.1 Å². The zero-order valence-corrected chi connectivity index (χ0v) is 11.1. The molecule has 5 heteroatoms. The molecule has 2 rings (SSSR count). The first-order valence-corrected chi connectivity index (χ1v) is 5.86. The van der Waals surface area contributed by atoms with E-state index >= 15 is 0 Å². The summed E-state index contributed by atoms with van der Waals surface area (Å²) in [6, 6.07) is 3.73. The van der Waals surface area contributed by atoms with Crippen molar-refractivity contribution in [3.63, 3.8) is 0 Å². The van der Waals surface area contributed by atoms with Gasteiger partial charge in [0, 0.05) is 12.1 Å². The zero-order chi connectivity index (χ0) is 13.1. The van der Waals surface area contributed by atoms with Crippen molar-refractivity contribution in [3.05, 3.63) is 18.0 Å². The number of rotatable bonds is 5. The lowest BCUT2D eigenvalue weighted by Crippen LogP contribution is -2.03. The molecule has 0 unspecified atom stereocenters. The van der Waals surface area contributed by atoms with Crippen LogP contribution in [-0.2, 0) is 11.3 Å². The minimum Gasteiger partial charge on any atom is -0.493 e. The van der Waals surface area contributed by atoms with E-state index in [9.17, 15) is 0 Å². The Morgan fingerprint density at radius 2 is 1.83 bits per heavy atom. The Morgan fingerprint density at radius 3 is 2.44 bits per heavy atom. The summed E-state index contributed by atoms with van der Waals surface area (Å²) >= 11 is 0. The number of benzene rings is 1. The molecule has 0 bridgehead atoms. The van der Waals surface area contributed by atoms with E-state index in [1.807, 2.05) is 26.0 Å². The van der Waals surface area contributed by atoms with Crippen molar-refractivity contribution in [2.45, 2.75) is 26.6 Å². The van der Waals surface area contributed by atoms with Crippen LogP contribution in [0.25, 0.3) is 11.0 Å². The average molecular weight is 250 g/mol. The van der Waals surface area contributed by atoms with E-state index in [2.05, 4.69) is 9.97 Å². The Morgan fingerprint density at radius 1 is 1.17 bits per heavy atom. The molecule has 0 amide bonds. The predicted octanol–water partition coefficient (Wildman–Crippen LogP) is 2.51. The number of imidazole rings is 1. The Bertz CT molecular complexity index is 493. The molecule has 0 aliphatic carbocycles. The molecule has 98 valence electrons. The quantitative estimate of drug-likeness (QED) is 0.885. The standard InChI is InChI=1S/C13H18N2O3/c1-8(2)18-7-13-14-9-5-11(16-3)12(17-4)6-10(9)15-13/h5-6,8H,7H2,1-4H3,(H,14,15). The second-order valence-electron chi connectivity index (χ2n) is 4.27. The smallest absolute Gasteiger partial charge is 0.163 e. The normalized spacial score (nSPS) is 11.2. The highest BCUT2D eigenvalue weighted by Crippen LogP contribution is 2.31. The molecule has 5 nitrogen and oxygen atoms in total. The molecule has 0 fully saturated rings. The summed E-state index contributed by atoms with van der Waals surface area (Å²) in [5, 5.41) is 0. The third-order valence-electron chi connectivity index (χ3n) is 2.59. The number of aromatic nitrogens is 2. The van der Waals surface area contributed by atoms with Gasteiger partial charge in [-0.3, -0.25) is 0 Å². The maximum atomic E-state index is 5.51. The van der Waals surface area contributed by atoms with Gasteiger partial charge in [0.05, 0.1) is 31.4 Å². The van der Waals surface area contributed by atoms with Gasteiger partial charge in [-0.25, -0.2) is 4.98 Å². The van der Waals surface area contributed by atoms with Gasteiger partial charge in [0.25, 0.3) is 0 Å². The molecule has 1 aromatic heterocycles. The van der Waals surface area contributed by atoms with Crippen molar-refractivity contribution in [1.82, 2.24) is 9.97 Å². The highest BCUT2D eigenvalue weighted by molar-refractivity contribution is 5.79. The second kappa shape index (κ2) is 5.27. The van der Waals surface area contributed by atoms with E-state index in [-0.39, 0.29) is 6.10 Å². The maximum Gasteiger partial charge on any atom is 0.163 e. The van der Waals surface area contributed by atoms with Crippen LogP contribution < -0.4 is 9.47 Å². The van der Waals surface area contributed by atoms with Crippen molar-refractivity contribution < 1.29 is 14.2 Å². The minimum absolute atomic E-state index is 0.183. The third kappa shape index (κ3) is 2.56. The van der Waals surface area contributed by atoms with E-state index in [1.54, 1.807) is 14.2 Å². The number of fused-ring (bicyclic) bond motifs is 1. The van der Waals surface area contributed by atoms with Crippen LogP contribution in [0.2, 0.25) is 0 Å². The number of nitrogens with zero attached hydrogens (tertiary/aromatic N) is 1. The van der Waals surface area contributed by atoms with Crippen molar-refractivity contribution in [1.29, 1.82) is 0 Å². The van der Waals surface area contributed by atoms with Crippen molar-refractivity contribution in [2.75, 3.05) is 14.2 Å². The average Bonchev–Trinajstić information content (AvgIpc) is 2.76. The number of aromatic amines is 1. The Kier molecular flexibility index (Phi) is 3.72. The number of hydrogen-bond acceptors (Lipinski definition) is 4. The van der Waals surface area contributed by atoms with Gasteiger partial charge in [-0.15, -0.1) is 0 Å². The number of hydrogen-bond donors (Lipinski definition) is 1. The summed E-state index contributed by atoms with van der Waals surface area (Å²) in [4.78, 5) is 7.66. The van der Waals surface area contributed by atoms with Gasteiger partial charge < -0.3 is 19.2 Å². The SMILES string of the molecule is COc1cc2nc(COC(C)C)[nH]c2cc1OC. The highest BCUT2D eigenvalue weighted by Gasteiger charge is 2.10. The molecule has 0 atom stereocenters. The van der Waals surface area contributed by atoms with Crippen LogP contribution in [0.15, 0.2) is 12.1 Å². The van der Waals surface area contributed by atoms with Crippen molar-refractivity contribution in [2.24, 2.45) is 0 Å². The fourth-order valence-electron chi connectivity index (χ4n) is 1.70. The number of methoxy groups -OCH3 is 2. The summed E-state index contributed by atoms with van der Waals surface area (Å²) in [5.74, 6) is 2.16. The van der Waals surface area contributed by atoms with Crippen molar-refractivity contribution >= 4 is 11.0 Å². The lowest BCUT2D eigenvalue weighted by atomic mass is 10.3. The Labute approximate surface area is 106 Å². The molecule has 0 spiro atoms. The Balaban J connectivity index is 2.32. The van der Waals surface area contributed by atoms with Gasteiger partial charge in [0.15, 0.2) is 11.5 Å². The third-order valence-corrected chi connectivity index (χ3v) is 2.59. The molecule has 0 aliphatic rings. The minimum atomic E-state index is 0.183. The number of ether oxygens (including phenoxy) is 3. The molecule has 0 saturated carbocycles. The summed E-state index contributed by atoms with van der Waals surface area (Å²) in [6.45, 7) is 4.46. The molecule has 1 heterocycles. The predicted molar refractivity (Wildman–Crippen MR) is 69.1 cm³/mol. The fourth-order valence-corrected chi connectivity index (χ4v) is 1.70. The van der Waals surface area contributed by atoms with E-state index in [4.69, 9.17) is 14.2 Å². The lowest BCUT2D eigenvalue weighted by Gasteiger charge is -2.06. The van der Waals surface area contributed by atoms with Gasteiger partial charge >= 0.3 is 0 Å². The van der Waals surface area contributed by atoms with E-state index < -0.39 is 0 Å². The van der Waals surface area contributed by atoms with Gasteiger partial charge in [-0.05, 0) is 13.8 Å². The monoisotopic (exact) mass is 250 g/mol. The summed E-state index contributed by atoms with van der Waals surface area (Å²) < 4.78 is 16.0. The maximum absolute atomic E-state index is 5.51. The molecule has 1 aromatic carbocycles. The summed E-state index contributed by atoms with van der Waals surface area (Å²) in [7, 11) is 3.22. The Hall–Kier alpha value is -1.75. The lowest BCUT2D eigenvalue weighted by molar-refractivity contribution is 0.0618. The molecule has 1 N–H and O–H groups in total. The molecular formula is C13H18N2O3. The topological polar surface area (TPSA) is 56.4 Å². The van der Waals surface area contributed by atoms with Crippen LogP contribution in [0.5, 0.6) is 11.5 Å². The van der Waals surface area contributed by atoms with Gasteiger partial charge in [0.1, 0.15) is 12.4 Å². The van der Waals surface area contributed by atoms with Crippen LogP contribution in [0, 0.1) is 0 Å². The van der Waals surface area contributed by atoms with Crippen LogP contribution in [-0.4, -0.2) is 30.3 Å². The molecule has 0 saturated heterocycles. The second-order valence-corrected chi connectivity index (χ2v) is 4.27. The number of H-pyrrole nitrogens is 1. The van der Waals surface area contributed by atoms with Crippen LogP contribution in [0.3, 0.4) is 0 Å². The van der Waals surface area contributed by atoms with Gasteiger partial charge in [-0.2, -0.15) is 0 Å². The first-order chi connectivity index (χ1) is 8.63. The van der Waals surface area contributed by atoms with E-state index in [0.717, 1.165) is 16.9 Å². The summed E-state index contributed by atoms with van der Waals surface area (Å²) in [6.07, 6.45) is 0.183. The first-order valence-electron chi connectivity index (χ1n) is 5.86. The first kappa shape index (κ1) is 12.7. The fraction of sp³-hybridized carbons (Fsp3) is 0.462. The van der Waals surface area contributed by atoms with Crippen LogP contribution in [0.4, 0.5) is 0 Å². The van der Waals surface area contributed by atoms with Gasteiger partial charge in [0.2, 0.25) is 0 Å². The van der Waals surface area contributed by atoms with Crippen LogP contribution >= 0.6 is 0 Å². The van der Waals surface area contributed by atoms with Crippen LogP contribution in [0.1, 0.15) is 19.7 Å². The largest absolute Gasteiger partial charge is 0.493 e. The molecule has 2 aromatic rings. The molecule has 0 radical (unpaired) electrons. The highest BCUT2D eigenvalue weighted by atomic mass is 16.5.